The molecule has 81 valence electrons. The van der Waals surface area contributed by atoms with Gasteiger partial charge in [0.05, 0.1) is 0 Å². The maximum absolute atomic E-state index is 11.0. The van der Waals surface area contributed by atoms with Crippen molar-refractivity contribution in [2.45, 2.75) is 33.3 Å². The summed E-state index contributed by atoms with van der Waals surface area (Å²) in [5.74, 6) is -0.529. The molecule has 0 atom stereocenters. The third-order valence-electron chi connectivity index (χ3n) is 1.03. The van der Waals surface area contributed by atoms with E-state index in [1.807, 2.05) is 0 Å². The molecule has 0 fully saturated rings. The van der Waals surface area contributed by atoms with Crippen LogP contribution in [0.1, 0.15) is 27.7 Å². The van der Waals surface area contributed by atoms with Crippen LogP contribution in [0.2, 0.25) is 0 Å². The van der Waals surface area contributed by atoms with Crippen LogP contribution in [0.15, 0.2) is 0 Å². The Hall–Kier alpha value is -1.26. The number of hydrogen-bond acceptors (Lipinski definition) is 4. The first-order valence-electron chi connectivity index (χ1n) is 4.29. The summed E-state index contributed by atoms with van der Waals surface area (Å²) in [4.78, 5) is 21.8. The summed E-state index contributed by atoms with van der Waals surface area (Å²) in [6, 6.07) is 0. The van der Waals surface area contributed by atoms with Crippen LogP contribution in [-0.4, -0.2) is 24.2 Å². The summed E-state index contributed by atoms with van der Waals surface area (Å²) >= 11 is 0. The Bertz CT molecular complexity index is 207. The first-order chi connectivity index (χ1) is 6.35. The molecule has 0 heterocycles. The molecule has 5 nitrogen and oxygen atoms in total. The molecule has 0 aliphatic carbocycles. The van der Waals surface area contributed by atoms with Gasteiger partial charge >= 0.3 is 12.1 Å². The first kappa shape index (κ1) is 12.7. The number of esters is 1. The molecular weight excluding hydrogens is 186 g/mol. The maximum Gasteiger partial charge on any atom is 0.408 e. The van der Waals surface area contributed by atoms with Crippen LogP contribution in [-0.2, 0) is 14.3 Å². The molecule has 0 spiro atoms. The Morgan fingerprint density at radius 2 is 1.93 bits per heavy atom. The zero-order chi connectivity index (χ0) is 11.2. The van der Waals surface area contributed by atoms with E-state index >= 15 is 0 Å². The number of alkyl carbamates (subject to hydrolysis) is 1. The second-order valence-corrected chi connectivity index (χ2v) is 3.58. The number of amides is 1. The van der Waals surface area contributed by atoms with Gasteiger partial charge in [-0.25, -0.2) is 4.79 Å². The lowest BCUT2D eigenvalue weighted by atomic mass is 10.2. The molecule has 14 heavy (non-hydrogen) atoms. The molecule has 5 heteroatoms. The van der Waals surface area contributed by atoms with Crippen molar-refractivity contribution in [3.05, 3.63) is 6.61 Å². The molecule has 1 radical (unpaired) electrons. The van der Waals surface area contributed by atoms with E-state index in [0.29, 0.717) is 0 Å². The number of carbonyl (C=O) groups excluding carboxylic acids is 2. The van der Waals surface area contributed by atoms with Crippen molar-refractivity contribution in [2.24, 2.45) is 0 Å². The van der Waals surface area contributed by atoms with Crippen LogP contribution in [0.4, 0.5) is 4.79 Å². The number of nitrogens with one attached hydrogen (secondary N) is 1. The molecule has 0 aromatic heterocycles. The highest BCUT2D eigenvalue weighted by atomic mass is 16.6. The van der Waals surface area contributed by atoms with E-state index in [1.54, 1.807) is 27.7 Å². The SMILES string of the molecule is C[CH]OC(=O)CNC(=O)OC(C)(C)C. The molecule has 0 aliphatic heterocycles. The normalized spacial score (nSPS) is 10.6. The highest BCUT2D eigenvalue weighted by Crippen LogP contribution is 2.06. The van der Waals surface area contributed by atoms with Crippen molar-refractivity contribution in [3.63, 3.8) is 0 Å². The van der Waals surface area contributed by atoms with Gasteiger partial charge in [-0.2, -0.15) is 0 Å². The zero-order valence-corrected chi connectivity index (χ0v) is 8.92. The molecule has 0 aromatic rings. The van der Waals surface area contributed by atoms with Gasteiger partial charge in [0.2, 0.25) is 0 Å². The standard InChI is InChI=1S/C9H16NO4/c1-5-13-7(11)6-10-8(12)14-9(2,3)4/h5H,6H2,1-4H3,(H,10,12). The quantitative estimate of drug-likeness (QED) is 0.699. The van der Waals surface area contributed by atoms with Gasteiger partial charge in [0.25, 0.3) is 0 Å². The Balaban J connectivity index is 3.70. The third-order valence-corrected chi connectivity index (χ3v) is 1.03. The molecule has 0 aliphatic rings. The summed E-state index contributed by atoms with van der Waals surface area (Å²) in [6.45, 7) is 7.85. The zero-order valence-electron chi connectivity index (χ0n) is 8.92. The molecule has 0 saturated heterocycles. The summed E-state index contributed by atoms with van der Waals surface area (Å²) in [5, 5.41) is 2.27. The van der Waals surface area contributed by atoms with Crippen LogP contribution >= 0.6 is 0 Å². The number of hydrogen-bond donors (Lipinski definition) is 1. The van der Waals surface area contributed by atoms with Crippen LogP contribution in [0.5, 0.6) is 0 Å². The van der Waals surface area contributed by atoms with Crippen molar-refractivity contribution >= 4 is 12.1 Å². The molecule has 0 rings (SSSR count). The Morgan fingerprint density at radius 1 is 1.36 bits per heavy atom. The minimum Gasteiger partial charge on any atom is -0.457 e. The highest BCUT2D eigenvalue weighted by Gasteiger charge is 2.16. The van der Waals surface area contributed by atoms with Gasteiger partial charge in [-0.3, -0.25) is 4.79 Å². The number of carbonyl (C=O) groups is 2. The largest absolute Gasteiger partial charge is 0.457 e. The van der Waals surface area contributed by atoms with E-state index in [0.717, 1.165) is 0 Å². The average Bonchev–Trinajstić information content (AvgIpc) is 1.98. The predicted octanol–water partition coefficient (Wildman–Crippen LogP) is 1.24. The van der Waals surface area contributed by atoms with Crippen molar-refractivity contribution in [1.82, 2.24) is 5.32 Å². The van der Waals surface area contributed by atoms with Gasteiger partial charge in [-0.1, -0.05) is 0 Å². The van der Waals surface area contributed by atoms with Crippen molar-refractivity contribution < 1.29 is 19.1 Å². The monoisotopic (exact) mass is 202 g/mol. The predicted molar refractivity (Wildman–Crippen MR) is 50.3 cm³/mol. The molecule has 1 amide bonds. The first-order valence-corrected chi connectivity index (χ1v) is 4.29. The van der Waals surface area contributed by atoms with Gasteiger partial charge in [0, 0.05) is 0 Å². The van der Waals surface area contributed by atoms with Crippen LogP contribution in [0.25, 0.3) is 0 Å². The van der Waals surface area contributed by atoms with Crippen LogP contribution in [0, 0.1) is 6.61 Å². The summed E-state index contributed by atoms with van der Waals surface area (Å²) in [6.07, 6.45) is -0.634. The summed E-state index contributed by atoms with van der Waals surface area (Å²) in [5.41, 5.74) is -0.565. The molecule has 0 bridgehead atoms. The fraction of sp³-hybridized carbons (Fsp3) is 0.667. The minimum absolute atomic E-state index is 0.195. The van der Waals surface area contributed by atoms with Gasteiger partial charge < -0.3 is 14.8 Å². The second kappa shape index (κ2) is 5.47. The molecular formula is C9H16NO4. The topological polar surface area (TPSA) is 64.6 Å². The fourth-order valence-electron chi connectivity index (χ4n) is 0.632. The maximum atomic E-state index is 11.0. The Labute approximate surface area is 83.8 Å². The van der Waals surface area contributed by atoms with E-state index in [2.05, 4.69) is 10.1 Å². The molecule has 0 unspecified atom stereocenters. The van der Waals surface area contributed by atoms with E-state index in [9.17, 15) is 9.59 Å². The van der Waals surface area contributed by atoms with E-state index in [-0.39, 0.29) is 6.54 Å². The van der Waals surface area contributed by atoms with Gasteiger partial charge in [-0.05, 0) is 27.7 Å². The van der Waals surface area contributed by atoms with Gasteiger partial charge in [0.15, 0.2) is 0 Å². The van der Waals surface area contributed by atoms with Crippen molar-refractivity contribution in [2.75, 3.05) is 6.54 Å². The van der Waals surface area contributed by atoms with E-state index < -0.39 is 17.7 Å². The van der Waals surface area contributed by atoms with E-state index in [4.69, 9.17) is 4.74 Å². The number of rotatable bonds is 3. The summed E-state index contributed by atoms with van der Waals surface area (Å²) in [7, 11) is 0. The Morgan fingerprint density at radius 3 is 2.36 bits per heavy atom. The molecule has 0 saturated carbocycles. The molecule has 0 aromatic carbocycles. The minimum atomic E-state index is -0.634. The lowest BCUT2D eigenvalue weighted by Gasteiger charge is -2.19. The Kier molecular flexibility index (Phi) is 4.97. The second-order valence-electron chi connectivity index (χ2n) is 3.58. The average molecular weight is 202 g/mol. The van der Waals surface area contributed by atoms with E-state index in [1.165, 1.54) is 6.61 Å². The lowest BCUT2D eigenvalue weighted by molar-refractivity contribution is -0.138. The third kappa shape index (κ3) is 7.39. The van der Waals surface area contributed by atoms with Gasteiger partial charge in [-0.15, -0.1) is 0 Å². The highest BCUT2D eigenvalue weighted by molar-refractivity contribution is 5.78. The number of ether oxygens (including phenoxy) is 2. The van der Waals surface area contributed by atoms with Crippen LogP contribution < -0.4 is 5.32 Å². The van der Waals surface area contributed by atoms with Crippen molar-refractivity contribution in [1.29, 1.82) is 0 Å². The van der Waals surface area contributed by atoms with Gasteiger partial charge in [0.1, 0.15) is 18.8 Å². The molecule has 1 N–H and O–H groups in total. The summed E-state index contributed by atoms with van der Waals surface area (Å²) < 4.78 is 9.39. The lowest BCUT2D eigenvalue weighted by Crippen LogP contribution is -2.35. The fourth-order valence-corrected chi connectivity index (χ4v) is 0.632. The smallest absolute Gasteiger partial charge is 0.408 e. The van der Waals surface area contributed by atoms with Crippen molar-refractivity contribution in [3.8, 4) is 0 Å². The van der Waals surface area contributed by atoms with Crippen LogP contribution in [0.3, 0.4) is 0 Å².